The average molecular weight is 382 g/mol. The molecule has 3 aromatic rings. The fourth-order valence-electron chi connectivity index (χ4n) is 2.63. The van der Waals surface area contributed by atoms with Crippen LogP contribution in [0, 0.1) is 0 Å². The van der Waals surface area contributed by atoms with Crippen molar-refractivity contribution < 1.29 is 19.0 Å². The van der Waals surface area contributed by atoms with E-state index in [2.05, 4.69) is 9.97 Å². The van der Waals surface area contributed by atoms with Crippen LogP contribution in [0.15, 0.2) is 53.3 Å². The number of carbonyl (C=O) groups is 1. The van der Waals surface area contributed by atoms with Crippen LogP contribution in [0.25, 0.3) is 10.9 Å². The molecule has 0 saturated heterocycles. The largest absolute Gasteiger partial charge is 0.494 e. The Labute approximate surface area is 162 Å². The first-order valence-corrected chi connectivity index (χ1v) is 9.15. The van der Waals surface area contributed by atoms with E-state index in [0.717, 1.165) is 0 Å². The second kappa shape index (κ2) is 9.55. The Morgan fingerprint density at radius 1 is 1.04 bits per heavy atom. The number of rotatable bonds is 9. The molecule has 3 rings (SSSR count). The highest BCUT2D eigenvalue weighted by Crippen LogP contribution is 2.18. The number of benzene rings is 2. The van der Waals surface area contributed by atoms with E-state index in [4.69, 9.17) is 14.2 Å². The normalized spacial score (nSPS) is 10.6. The van der Waals surface area contributed by atoms with Crippen LogP contribution in [0.1, 0.15) is 25.6 Å². The number of hydrogen-bond donors (Lipinski definition) is 1. The van der Waals surface area contributed by atoms with Crippen LogP contribution in [-0.2, 0) is 16.1 Å². The number of carbonyl (C=O) groups excluding carboxylic acids is 1. The molecule has 0 spiro atoms. The first kappa shape index (κ1) is 19.4. The van der Waals surface area contributed by atoms with Gasteiger partial charge in [-0.3, -0.25) is 9.59 Å². The third-order valence-corrected chi connectivity index (χ3v) is 3.96. The molecular formula is C21H22N2O5. The summed E-state index contributed by atoms with van der Waals surface area (Å²) in [5.74, 6) is 1.57. The molecular weight excluding hydrogens is 360 g/mol. The minimum atomic E-state index is -0.213. The maximum absolute atomic E-state index is 12.1. The summed E-state index contributed by atoms with van der Waals surface area (Å²) in [6.07, 6.45) is 0.935. The molecule has 0 aliphatic heterocycles. The van der Waals surface area contributed by atoms with Crippen molar-refractivity contribution in [3.63, 3.8) is 0 Å². The Bertz CT molecular complexity index is 982. The number of aromatic amines is 1. The lowest BCUT2D eigenvalue weighted by molar-refractivity contribution is -0.143. The fourth-order valence-corrected chi connectivity index (χ4v) is 2.63. The van der Waals surface area contributed by atoms with Crippen LogP contribution in [0.3, 0.4) is 0 Å². The Hall–Kier alpha value is -3.35. The molecule has 0 aliphatic rings. The molecule has 0 aliphatic carbocycles. The minimum Gasteiger partial charge on any atom is -0.494 e. The van der Waals surface area contributed by atoms with E-state index in [1.807, 2.05) is 6.07 Å². The van der Waals surface area contributed by atoms with E-state index in [1.165, 1.54) is 0 Å². The van der Waals surface area contributed by atoms with Gasteiger partial charge in [0.25, 0.3) is 5.56 Å². The number of aromatic nitrogens is 2. The molecule has 0 amide bonds. The molecule has 1 N–H and O–H groups in total. The van der Waals surface area contributed by atoms with Crippen LogP contribution in [0.2, 0.25) is 0 Å². The summed E-state index contributed by atoms with van der Waals surface area (Å²) in [6, 6.07) is 14.3. The summed E-state index contributed by atoms with van der Waals surface area (Å²) < 4.78 is 16.1. The van der Waals surface area contributed by atoms with Crippen molar-refractivity contribution in [2.75, 3.05) is 13.2 Å². The third-order valence-electron chi connectivity index (χ3n) is 3.96. The van der Waals surface area contributed by atoms with E-state index < -0.39 is 0 Å². The first-order valence-electron chi connectivity index (χ1n) is 9.15. The molecule has 0 saturated carbocycles. The van der Waals surface area contributed by atoms with Gasteiger partial charge in [-0.15, -0.1) is 0 Å². The standard InChI is InChI=1S/C21H22N2O5/c1-2-26-20(24)8-5-13-27-15-9-11-16(12-10-15)28-14-19-22-18-7-4-3-6-17(18)21(25)23-19/h3-4,6-7,9-12H,2,5,8,13-14H2,1H3,(H,22,23,25). The zero-order valence-corrected chi connectivity index (χ0v) is 15.6. The van der Waals surface area contributed by atoms with Gasteiger partial charge in [-0.25, -0.2) is 4.98 Å². The first-order chi connectivity index (χ1) is 13.7. The van der Waals surface area contributed by atoms with Crippen molar-refractivity contribution in [3.8, 4) is 11.5 Å². The lowest BCUT2D eigenvalue weighted by Gasteiger charge is -2.09. The number of nitrogens with zero attached hydrogens (tertiary/aromatic N) is 1. The van der Waals surface area contributed by atoms with E-state index in [0.29, 0.717) is 54.3 Å². The van der Waals surface area contributed by atoms with Crippen molar-refractivity contribution in [2.24, 2.45) is 0 Å². The second-order valence-electron chi connectivity index (χ2n) is 6.05. The second-order valence-corrected chi connectivity index (χ2v) is 6.05. The highest BCUT2D eigenvalue weighted by Gasteiger charge is 2.05. The molecule has 146 valence electrons. The molecule has 0 bridgehead atoms. The number of nitrogens with one attached hydrogen (secondary N) is 1. The van der Waals surface area contributed by atoms with E-state index in [-0.39, 0.29) is 18.1 Å². The number of para-hydroxylation sites is 1. The summed E-state index contributed by atoms with van der Waals surface area (Å²) in [5, 5.41) is 0.552. The molecule has 7 heteroatoms. The number of H-pyrrole nitrogens is 1. The van der Waals surface area contributed by atoms with Gasteiger partial charge in [0.05, 0.1) is 24.1 Å². The summed E-state index contributed by atoms with van der Waals surface area (Å²) >= 11 is 0. The van der Waals surface area contributed by atoms with Crippen LogP contribution >= 0.6 is 0 Å². The van der Waals surface area contributed by atoms with Gasteiger partial charge in [-0.1, -0.05) is 12.1 Å². The highest BCUT2D eigenvalue weighted by molar-refractivity contribution is 5.77. The SMILES string of the molecule is CCOC(=O)CCCOc1ccc(OCc2nc3ccccc3c(=O)[nH]2)cc1. The Balaban J connectivity index is 1.49. The molecule has 0 radical (unpaired) electrons. The molecule has 28 heavy (non-hydrogen) atoms. The van der Waals surface area contributed by atoms with Gasteiger partial charge >= 0.3 is 5.97 Å². The molecule has 2 aromatic carbocycles. The molecule has 1 aromatic heterocycles. The zero-order valence-electron chi connectivity index (χ0n) is 15.6. The van der Waals surface area contributed by atoms with Gasteiger partial charge in [0, 0.05) is 6.42 Å². The summed E-state index contributed by atoms with van der Waals surface area (Å²) in [5.41, 5.74) is 0.451. The van der Waals surface area contributed by atoms with Gasteiger partial charge in [0.15, 0.2) is 0 Å². The summed E-state index contributed by atoms with van der Waals surface area (Å²) in [6.45, 7) is 2.76. The number of esters is 1. The van der Waals surface area contributed by atoms with Crippen LogP contribution in [-0.4, -0.2) is 29.2 Å². The number of hydrogen-bond acceptors (Lipinski definition) is 6. The predicted molar refractivity (Wildman–Crippen MR) is 104 cm³/mol. The van der Waals surface area contributed by atoms with Crippen LogP contribution in [0.4, 0.5) is 0 Å². The minimum absolute atomic E-state index is 0.153. The molecule has 7 nitrogen and oxygen atoms in total. The lowest BCUT2D eigenvalue weighted by atomic mass is 10.2. The Morgan fingerprint density at radius 2 is 1.75 bits per heavy atom. The molecule has 0 fully saturated rings. The Morgan fingerprint density at radius 3 is 2.50 bits per heavy atom. The van der Waals surface area contributed by atoms with E-state index in [9.17, 15) is 9.59 Å². The molecule has 1 heterocycles. The van der Waals surface area contributed by atoms with Crippen molar-refractivity contribution in [1.29, 1.82) is 0 Å². The topological polar surface area (TPSA) is 90.5 Å². The monoisotopic (exact) mass is 382 g/mol. The summed E-state index contributed by atoms with van der Waals surface area (Å²) in [4.78, 5) is 30.5. The number of ether oxygens (including phenoxy) is 3. The maximum atomic E-state index is 12.1. The quantitative estimate of drug-likeness (QED) is 0.451. The van der Waals surface area contributed by atoms with Crippen LogP contribution in [0.5, 0.6) is 11.5 Å². The third kappa shape index (κ3) is 5.33. The van der Waals surface area contributed by atoms with E-state index in [1.54, 1.807) is 49.4 Å². The van der Waals surface area contributed by atoms with Gasteiger partial charge in [0.2, 0.25) is 0 Å². The van der Waals surface area contributed by atoms with Gasteiger partial charge in [-0.05, 0) is 49.7 Å². The van der Waals surface area contributed by atoms with Crippen molar-refractivity contribution >= 4 is 16.9 Å². The lowest BCUT2D eigenvalue weighted by Crippen LogP contribution is -2.13. The summed E-state index contributed by atoms with van der Waals surface area (Å²) in [7, 11) is 0. The van der Waals surface area contributed by atoms with Crippen LogP contribution < -0.4 is 15.0 Å². The Kier molecular flexibility index (Phi) is 6.62. The highest BCUT2D eigenvalue weighted by atomic mass is 16.5. The van der Waals surface area contributed by atoms with E-state index >= 15 is 0 Å². The molecule has 0 atom stereocenters. The van der Waals surface area contributed by atoms with Gasteiger partial charge < -0.3 is 19.2 Å². The number of fused-ring (bicyclic) bond motifs is 1. The molecule has 0 unspecified atom stereocenters. The fraction of sp³-hybridized carbons (Fsp3) is 0.286. The van der Waals surface area contributed by atoms with Crippen molar-refractivity contribution in [2.45, 2.75) is 26.4 Å². The smallest absolute Gasteiger partial charge is 0.305 e. The average Bonchev–Trinajstić information content (AvgIpc) is 2.71. The predicted octanol–water partition coefficient (Wildman–Crippen LogP) is 3.22. The van der Waals surface area contributed by atoms with Gasteiger partial charge in [0.1, 0.15) is 23.9 Å². The zero-order chi connectivity index (χ0) is 19.8. The van der Waals surface area contributed by atoms with Gasteiger partial charge in [-0.2, -0.15) is 0 Å². The van der Waals surface area contributed by atoms with Crippen molar-refractivity contribution in [3.05, 3.63) is 64.7 Å². The maximum Gasteiger partial charge on any atom is 0.305 e. The van der Waals surface area contributed by atoms with Crippen molar-refractivity contribution in [1.82, 2.24) is 9.97 Å².